The summed E-state index contributed by atoms with van der Waals surface area (Å²) in [5.41, 5.74) is 1.27. The van der Waals surface area contributed by atoms with E-state index in [1.54, 1.807) is 13.1 Å². The van der Waals surface area contributed by atoms with Crippen molar-refractivity contribution in [3.05, 3.63) is 28.0 Å². The number of halogens is 2. The maximum absolute atomic E-state index is 12.9. The summed E-state index contributed by atoms with van der Waals surface area (Å²) in [6, 6.07) is 2.92. The molecule has 0 heterocycles. The summed E-state index contributed by atoms with van der Waals surface area (Å²) in [7, 11) is 1.73. The van der Waals surface area contributed by atoms with Gasteiger partial charge >= 0.3 is 0 Å². The second kappa shape index (κ2) is 3.67. The topological polar surface area (TPSA) is 35.9 Å². The first-order valence-corrected chi connectivity index (χ1v) is 4.15. The quantitative estimate of drug-likeness (QED) is 0.754. The molecule has 0 aliphatic rings. The van der Waals surface area contributed by atoms with Crippen molar-refractivity contribution in [1.29, 1.82) is 5.41 Å². The molecule has 0 saturated carbocycles. The zero-order valence-electron chi connectivity index (χ0n) is 6.49. The third-order valence-electron chi connectivity index (χ3n) is 1.52. The third-order valence-corrected chi connectivity index (χ3v) is 2.12. The van der Waals surface area contributed by atoms with E-state index in [4.69, 9.17) is 5.41 Å². The Kier molecular flexibility index (Phi) is 2.81. The number of nitrogens with one attached hydrogen (secondary N) is 2. The van der Waals surface area contributed by atoms with Crippen molar-refractivity contribution in [3.63, 3.8) is 0 Å². The van der Waals surface area contributed by atoms with Gasteiger partial charge in [-0.2, -0.15) is 0 Å². The predicted octanol–water partition coefficient (Wildman–Crippen LogP) is 2.63. The van der Waals surface area contributed by atoms with E-state index in [1.165, 1.54) is 6.07 Å². The first kappa shape index (κ1) is 9.19. The maximum atomic E-state index is 12.9. The van der Waals surface area contributed by atoms with E-state index in [0.29, 0.717) is 10.0 Å². The molecule has 12 heavy (non-hydrogen) atoms. The van der Waals surface area contributed by atoms with Gasteiger partial charge in [0.25, 0.3) is 0 Å². The molecule has 0 aliphatic carbocycles. The Morgan fingerprint density at radius 3 is 2.75 bits per heavy atom. The molecule has 0 unspecified atom stereocenters. The van der Waals surface area contributed by atoms with E-state index >= 15 is 0 Å². The summed E-state index contributed by atoms with van der Waals surface area (Å²) < 4.78 is 13.3. The van der Waals surface area contributed by atoms with Gasteiger partial charge < -0.3 is 10.7 Å². The first-order chi connectivity index (χ1) is 5.69. The lowest BCUT2D eigenvalue weighted by molar-refractivity contribution is 0.621. The van der Waals surface area contributed by atoms with Crippen LogP contribution in [0.3, 0.4) is 0 Å². The van der Waals surface area contributed by atoms with E-state index < -0.39 is 0 Å². The van der Waals surface area contributed by atoms with Gasteiger partial charge in [0.1, 0.15) is 5.82 Å². The van der Waals surface area contributed by atoms with Gasteiger partial charge in [-0.05, 0) is 28.1 Å². The van der Waals surface area contributed by atoms with Gasteiger partial charge in [-0.25, -0.2) is 4.39 Å². The second-order valence-electron chi connectivity index (χ2n) is 2.25. The Hall–Kier alpha value is -0.900. The zero-order chi connectivity index (χ0) is 9.14. The fraction of sp³-hybridized carbons (Fsp3) is 0.125. The van der Waals surface area contributed by atoms with Crippen LogP contribution in [0.4, 0.5) is 10.1 Å². The fourth-order valence-electron chi connectivity index (χ4n) is 0.898. The lowest BCUT2D eigenvalue weighted by atomic mass is 10.2. The van der Waals surface area contributed by atoms with Crippen molar-refractivity contribution in [2.45, 2.75) is 0 Å². The summed E-state index contributed by atoms with van der Waals surface area (Å²) in [4.78, 5) is 0. The molecule has 0 bridgehead atoms. The van der Waals surface area contributed by atoms with Gasteiger partial charge in [-0.3, -0.25) is 0 Å². The summed E-state index contributed by atoms with van der Waals surface area (Å²) in [6.45, 7) is 0. The second-order valence-corrected chi connectivity index (χ2v) is 3.10. The third kappa shape index (κ3) is 1.64. The maximum Gasteiger partial charge on any atom is 0.138 e. The monoisotopic (exact) mass is 230 g/mol. The fourth-order valence-corrected chi connectivity index (χ4v) is 1.24. The highest BCUT2D eigenvalue weighted by atomic mass is 79.9. The lowest BCUT2D eigenvalue weighted by Gasteiger charge is -2.05. The minimum atomic E-state index is -0.354. The number of hydrogen-bond donors (Lipinski definition) is 2. The van der Waals surface area contributed by atoms with Gasteiger partial charge in [0.2, 0.25) is 0 Å². The zero-order valence-corrected chi connectivity index (χ0v) is 8.07. The highest BCUT2D eigenvalue weighted by molar-refractivity contribution is 9.10. The highest BCUT2D eigenvalue weighted by Gasteiger charge is 2.04. The molecule has 0 aromatic heterocycles. The van der Waals surface area contributed by atoms with E-state index in [1.807, 2.05) is 0 Å². The molecule has 1 aromatic rings. The molecule has 0 atom stereocenters. The Morgan fingerprint density at radius 2 is 2.25 bits per heavy atom. The molecule has 1 aromatic carbocycles. The average Bonchev–Trinajstić information content (AvgIpc) is 2.09. The van der Waals surface area contributed by atoms with Gasteiger partial charge in [0.05, 0.1) is 4.47 Å². The average molecular weight is 231 g/mol. The van der Waals surface area contributed by atoms with Crippen molar-refractivity contribution in [2.75, 3.05) is 12.4 Å². The molecule has 0 spiro atoms. The number of rotatable bonds is 2. The van der Waals surface area contributed by atoms with Crippen LogP contribution in [-0.4, -0.2) is 13.3 Å². The minimum Gasteiger partial charge on any atom is -0.388 e. The van der Waals surface area contributed by atoms with Crippen molar-refractivity contribution in [3.8, 4) is 0 Å². The van der Waals surface area contributed by atoms with Crippen LogP contribution < -0.4 is 5.32 Å². The van der Waals surface area contributed by atoms with Crippen molar-refractivity contribution < 1.29 is 4.39 Å². The van der Waals surface area contributed by atoms with Crippen LogP contribution >= 0.6 is 15.9 Å². The number of anilines is 1. The summed E-state index contributed by atoms with van der Waals surface area (Å²) >= 11 is 3.06. The molecule has 0 fully saturated rings. The van der Waals surface area contributed by atoms with Crippen LogP contribution in [0.15, 0.2) is 16.6 Å². The van der Waals surface area contributed by atoms with E-state index in [2.05, 4.69) is 21.2 Å². The Bertz CT molecular complexity index is 312. The van der Waals surface area contributed by atoms with Gasteiger partial charge in [-0.1, -0.05) is 0 Å². The first-order valence-electron chi connectivity index (χ1n) is 3.36. The van der Waals surface area contributed by atoms with E-state index in [9.17, 15) is 4.39 Å². The van der Waals surface area contributed by atoms with Gasteiger partial charge in [0.15, 0.2) is 0 Å². The van der Waals surface area contributed by atoms with Crippen molar-refractivity contribution >= 4 is 27.8 Å². The van der Waals surface area contributed by atoms with Crippen LogP contribution in [0.1, 0.15) is 5.56 Å². The molecule has 0 saturated heterocycles. The summed E-state index contributed by atoms with van der Waals surface area (Å²) in [5, 5.41) is 9.87. The van der Waals surface area contributed by atoms with Crippen LogP contribution in [0, 0.1) is 11.2 Å². The standard InChI is InChI=1S/C8H8BrFN2/c1-12-8-3-6(9)7(10)2-5(8)4-11/h2-4,11-12H,1H3. The largest absolute Gasteiger partial charge is 0.388 e. The normalized spacial score (nSPS) is 9.58. The molecule has 1 rings (SSSR count). The smallest absolute Gasteiger partial charge is 0.138 e. The molecular weight excluding hydrogens is 223 g/mol. The molecule has 64 valence electrons. The van der Waals surface area contributed by atoms with Gasteiger partial charge in [0, 0.05) is 24.5 Å². The predicted molar refractivity (Wildman–Crippen MR) is 51.5 cm³/mol. The minimum absolute atomic E-state index is 0.354. The SMILES string of the molecule is CNc1cc(Br)c(F)cc1C=N. The van der Waals surface area contributed by atoms with E-state index in [0.717, 1.165) is 11.9 Å². The molecule has 2 N–H and O–H groups in total. The van der Waals surface area contributed by atoms with Crippen molar-refractivity contribution in [2.24, 2.45) is 0 Å². The van der Waals surface area contributed by atoms with Crippen LogP contribution in [0.5, 0.6) is 0 Å². The summed E-state index contributed by atoms with van der Waals surface area (Å²) in [6.07, 6.45) is 1.11. The van der Waals surface area contributed by atoms with Crippen molar-refractivity contribution in [1.82, 2.24) is 0 Å². The molecule has 4 heteroatoms. The molecule has 0 amide bonds. The molecular formula is C8H8BrFN2. The molecule has 0 radical (unpaired) electrons. The highest BCUT2D eigenvalue weighted by Crippen LogP contribution is 2.23. The van der Waals surface area contributed by atoms with E-state index in [-0.39, 0.29) is 5.82 Å². The molecule has 2 nitrogen and oxygen atoms in total. The van der Waals surface area contributed by atoms with Gasteiger partial charge in [-0.15, -0.1) is 0 Å². The van der Waals surface area contributed by atoms with Crippen LogP contribution in [0.2, 0.25) is 0 Å². The summed E-state index contributed by atoms with van der Waals surface area (Å²) in [5.74, 6) is -0.354. The van der Waals surface area contributed by atoms with Crippen LogP contribution in [-0.2, 0) is 0 Å². The van der Waals surface area contributed by atoms with Crippen LogP contribution in [0.25, 0.3) is 0 Å². The molecule has 0 aliphatic heterocycles. The Balaban J connectivity index is 3.28. The Labute approximate surface area is 78.4 Å². The number of hydrogen-bond acceptors (Lipinski definition) is 2. The Morgan fingerprint density at radius 1 is 1.58 bits per heavy atom. The lowest BCUT2D eigenvalue weighted by Crippen LogP contribution is -1.95. The number of benzene rings is 1.